The van der Waals surface area contributed by atoms with E-state index in [2.05, 4.69) is 4.72 Å². The molecule has 0 amide bonds. The number of piperidine rings is 1. The van der Waals surface area contributed by atoms with Crippen molar-refractivity contribution in [3.8, 4) is 0 Å². The van der Waals surface area contributed by atoms with E-state index in [0.29, 0.717) is 19.0 Å². The fourth-order valence-corrected chi connectivity index (χ4v) is 4.16. The van der Waals surface area contributed by atoms with Crippen LogP contribution in [-0.2, 0) is 10.2 Å². The van der Waals surface area contributed by atoms with Crippen LogP contribution in [0.5, 0.6) is 0 Å². The lowest BCUT2D eigenvalue weighted by atomic mass is 9.83. The summed E-state index contributed by atoms with van der Waals surface area (Å²) < 4.78 is 28.4. The van der Waals surface area contributed by atoms with Crippen LogP contribution in [0.1, 0.15) is 39.0 Å². The van der Waals surface area contributed by atoms with Crippen molar-refractivity contribution in [1.29, 1.82) is 0 Å². The Hall–Kier alpha value is -0.170. The van der Waals surface area contributed by atoms with Gasteiger partial charge in [0.15, 0.2) is 0 Å². The first kappa shape index (κ1) is 13.3. The molecule has 1 atom stereocenters. The summed E-state index contributed by atoms with van der Waals surface area (Å²) in [5.41, 5.74) is 0. The van der Waals surface area contributed by atoms with Gasteiger partial charge in [-0.25, -0.2) is 4.72 Å². The first-order valence-electron chi connectivity index (χ1n) is 6.43. The summed E-state index contributed by atoms with van der Waals surface area (Å²) in [4.78, 5) is 0. The third-order valence-electron chi connectivity index (χ3n) is 3.82. The molecule has 0 aromatic rings. The largest absolute Gasteiger partial charge is 0.393 e. The predicted molar refractivity (Wildman–Crippen MR) is 65.7 cm³/mol. The maximum absolute atomic E-state index is 12.1. The lowest BCUT2D eigenvalue weighted by Gasteiger charge is -2.35. The van der Waals surface area contributed by atoms with E-state index in [1.807, 2.05) is 6.92 Å². The number of hydrogen-bond donors (Lipinski definition) is 2. The van der Waals surface area contributed by atoms with Gasteiger partial charge in [-0.3, -0.25) is 0 Å². The van der Waals surface area contributed by atoms with Crippen molar-refractivity contribution in [2.45, 2.75) is 51.2 Å². The molecule has 1 saturated carbocycles. The molecule has 0 aromatic carbocycles. The van der Waals surface area contributed by atoms with Gasteiger partial charge in [0, 0.05) is 19.1 Å². The predicted octanol–water partition coefficient (Wildman–Crippen LogP) is 0.466. The Morgan fingerprint density at radius 1 is 1.35 bits per heavy atom. The molecule has 0 bridgehead atoms. The van der Waals surface area contributed by atoms with Crippen LogP contribution in [0, 0.1) is 5.92 Å². The molecule has 100 valence electrons. The highest BCUT2D eigenvalue weighted by molar-refractivity contribution is 7.87. The summed E-state index contributed by atoms with van der Waals surface area (Å²) in [7, 11) is -3.32. The summed E-state index contributed by atoms with van der Waals surface area (Å²) >= 11 is 0. The molecule has 2 rings (SSSR count). The zero-order valence-corrected chi connectivity index (χ0v) is 11.1. The van der Waals surface area contributed by atoms with Crippen molar-refractivity contribution in [2.75, 3.05) is 13.1 Å². The molecule has 2 aliphatic rings. The van der Waals surface area contributed by atoms with Gasteiger partial charge < -0.3 is 5.11 Å². The molecule has 0 spiro atoms. The van der Waals surface area contributed by atoms with Crippen molar-refractivity contribution in [3.05, 3.63) is 0 Å². The molecule has 6 heteroatoms. The average Bonchev–Trinajstić information content (AvgIpc) is 2.23. The van der Waals surface area contributed by atoms with Crippen molar-refractivity contribution < 1.29 is 13.5 Å². The summed E-state index contributed by atoms with van der Waals surface area (Å²) in [6.07, 6.45) is 4.23. The molecule has 17 heavy (non-hydrogen) atoms. The molecule has 1 unspecified atom stereocenters. The molecule has 1 saturated heterocycles. The highest BCUT2D eigenvalue weighted by Gasteiger charge is 2.32. The average molecular weight is 262 g/mol. The number of aliphatic hydroxyl groups excluding tert-OH is 1. The van der Waals surface area contributed by atoms with Gasteiger partial charge in [0.1, 0.15) is 0 Å². The van der Waals surface area contributed by atoms with E-state index in [9.17, 15) is 8.42 Å². The van der Waals surface area contributed by atoms with Crippen molar-refractivity contribution in [2.24, 2.45) is 5.92 Å². The Bertz CT molecular complexity index is 352. The second-order valence-electron chi connectivity index (χ2n) is 5.30. The van der Waals surface area contributed by atoms with Gasteiger partial charge in [0.2, 0.25) is 0 Å². The minimum atomic E-state index is -3.32. The van der Waals surface area contributed by atoms with Gasteiger partial charge in [-0.05, 0) is 38.5 Å². The Morgan fingerprint density at radius 3 is 2.65 bits per heavy atom. The quantitative estimate of drug-likeness (QED) is 0.773. The summed E-state index contributed by atoms with van der Waals surface area (Å²) in [5, 5.41) is 9.15. The van der Waals surface area contributed by atoms with Crippen LogP contribution < -0.4 is 4.72 Å². The molecular formula is C11H22N2O3S. The highest BCUT2D eigenvalue weighted by atomic mass is 32.2. The molecule has 5 nitrogen and oxygen atoms in total. The fourth-order valence-electron chi connectivity index (χ4n) is 2.60. The van der Waals surface area contributed by atoms with Gasteiger partial charge in [-0.1, -0.05) is 6.42 Å². The lowest BCUT2D eigenvalue weighted by molar-refractivity contribution is 0.0450. The molecule has 0 aromatic heterocycles. The summed E-state index contributed by atoms with van der Waals surface area (Å²) in [6, 6.07) is 0.105. The second kappa shape index (κ2) is 5.22. The first-order valence-corrected chi connectivity index (χ1v) is 7.87. The van der Waals surface area contributed by atoms with E-state index in [-0.39, 0.29) is 12.1 Å². The van der Waals surface area contributed by atoms with Crippen molar-refractivity contribution in [3.63, 3.8) is 0 Å². The lowest BCUT2D eigenvalue weighted by Crippen LogP contribution is -2.50. The molecule has 2 fully saturated rings. The van der Waals surface area contributed by atoms with E-state index in [0.717, 1.165) is 32.1 Å². The van der Waals surface area contributed by atoms with Gasteiger partial charge >= 0.3 is 0 Å². The number of aliphatic hydroxyl groups is 1. The Balaban J connectivity index is 1.84. The smallest absolute Gasteiger partial charge is 0.279 e. The van der Waals surface area contributed by atoms with Crippen LogP contribution in [0.2, 0.25) is 0 Å². The van der Waals surface area contributed by atoms with E-state index in [1.165, 1.54) is 0 Å². The van der Waals surface area contributed by atoms with E-state index in [1.54, 1.807) is 4.31 Å². The fraction of sp³-hybridized carbons (Fsp3) is 1.00. The minimum absolute atomic E-state index is 0.105. The van der Waals surface area contributed by atoms with Crippen LogP contribution in [-0.4, -0.2) is 43.1 Å². The number of rotatable bonds is 4. The Morgan fingerprint density at radius 2 is 2.06 bits per heavy atom. The summed E-state index contributed by atoms with van der Waals surface area (Å²) in [6.45, 7) is 3.05. The second-order valence-corrected chi connectivity index (χ2v) is 7.01. The number of nitrogens with zero attached hydrogens (tertiary/aromatic N) is 1. The highest BCUT2D eigenvalue weighted by Crippen LogP contribution is 2.27. The number of nitrogens with one attached hydrogen (secondary N) is 1. The van der Waals surface area contributed by atoms with Crippen molar-refractivity contribution in [1.82, 2.24) is 9.03 Å². The monoisotopic (exact) mass is 262 g/mol. The molecule has 1 aliphatic carbocycles. The molecule has 0 radical (unpaired) electrons. The maximum Gasteiger partial charge on any atom is 0.279 e. The van der Waals surface area contributed by atoms with E-state index >= 15 is 0 Å². The van der Waals surface area contributed by atoms with Crippen LogP contribution >= 0.6 is 0 Å². The minimum Gasteiger partial charge on any atom is -0.393 e. The normalized spacial score (nSPS) is 35.5. The summed E-state index contributed by atoms with van der Waals surface area (Å²) in [5.74, 6) is 0.305. The van der Waals surface area contributed by atoms with Crippen LogP contribution in [0.25, 0.3) is 0 Å². The molecule has 1 heterocycles. The van der Waals surface area contributed by atoms with Gasteiger partial charge in [-0.2, -0.15) is 12.7 Å². The maximum atomic E-state index is 12.1. The number of hydrogen-bond acceptors (Lipinski definition) is 3. The molecule has 1 aliphatic heterocycles. The van der Waals surface area contributed by atoms with Gasteiger partial charge in [0.25, 0.3) is 10.2 Å². The van der Waals surface area contributed by atoms with Crippen LogP contribution in [0.3, 0.4) is 0 Å². The zero-order valence-electron chi connectivity index (χ0n) is 10.3. The van der Waals surface area contributed by atoms with E-state index < -0.39 is 10.2 Å². The first-order chi connectivity index (χ1) is 7.99. The van der Waals surface area contributed by atoms with E-state index in [4.69, 9.17) is 5.11 Å². The topological polar surface area (TPSA) is 69.6 Å². The molecule has 2 N–H and O–H groups in total. The van der Waals surface area contributed by atoms with Crippen molar-refractivity contribution >= 4 is 10.2 Å². The zero-order chi connectivity index (χ0) is 12.5. The third-order valence-corrected chi connectivity index (χ3v) is 5.51. The van der Waals surface area contributed by atoms with Gasteiger partial charge in [0.05, 0.1) is 6.10 Å². The molecular weight excluding hydrogens is 240 g/mol. The Kier molecular flexibility index (Phi) is 4.07. The van der Waals surface area contributed by atoms with Crippen LogP contribution in [0.15, 0.2) is 0 Å². The third kappa shape index (κ3) is 3.19. The van der Waals surface area contributed by atoms with Crippen LogP contribution in [0.4, 0.5) is 0 Å². The Labute approximate surface area is 103 Å². The van der Waals surface area contributed by atoms with Gasteiger partial charge in [-0.15, -0.1) is 0 Å². The SMILES string of the molecule is CC1CCCCN1S(=O)(=O)NCC1CC(O)C1. The standard InChI is InChI=1S/C11H22N2O3S/c1-9-4-2-3-5-13(9)17(15,16)12-8-10-6-11(14)7-10/h9-12,14H,2-8H2,1H3.